The van der Waals surface area contributed by atoms with E-state index >= 15 is 0 Å². The number of nitrogens with one attached hydrogen (secondary N) is 1. The molecule has 2 rings (SSSR count). The van der Waals surface area contributed by atoms with Gasteiger partial charge < -0.3 is 15.2 Å². The van der Waals surface area contributed by atoms with Crippen LogP contribution in [0.1, 0.15) is 53.4 Å². The van der Waals surface area contributed by atoms with Crippen LogP contribution in [0, 0.1) is 5.92 Å². The first-order valence-corrected chi connectivity index (χ1v) is 8.64. The predicted octanol–water partition coefficient (Wildman–Crippen LogP) is 2.17. The molecule has 1 heterocycles. The summed E-state index contributed by atoms with van der Waals surface area (Å²) in [5.41, 5.74) is -1.15. The van der Waals surface area contributed by atoms with Gasteiger partial charge in [-0.15, -0.1) is 0 Å². The standard InChI is InChI=1S/C17H31N3O3/c1-13-6-5-7-17(22,10-13)12-19-14-11-20(9-8-18-14)15(21)23-16(2,3)4/h13,22H,5-12H2,1-4H3,(H,18,19). The SMILES string of the molecule is CC1CCCC(O)(CNC2=NCCN(C(=O)OC(C)(C)C)C2)C1. The van der Waals surface area contributed by atoms with Crippen molar-refractivity contribution in [2.24, 2.45) is 10.9 Å². The number of aliphatic hydroxyl groups is 1. The van der Waals surface area contributed by atoms with Crippen molar-refractivity contribution in [3.05, 3.63) is 0 Å². The van der Waals surface area contributed by atoms with Crippen LogP contribution in [0.5, 0.6) is 0 Å². The van der Waals surface area contributed by atoms with Crippen LogP contribution in [0.25, 0.3) is 0 Å². The second kappa shape index (κ2) is 7.07. The van der Waals surface area contributed by atoms with Crippen molar-refractivity contribution in [1.29, 1.82) is 0 Å². The molecule has 0 radical (unpaired) electrons. The maximum Gasteiger partial charge on any atom is 0.410 e. The van der Waals surface area contributed by atoms with Gasteiger partial charge in [0, 0.05) is 13.1 Å². The van der Waals surface area contributed by atoms with E-state index in [-0.39, 0.29) is 6.09 Å². The van der Waals surface area contributed by atoms with Crippen molar-refractivity contribution < 1.29 is 14.6 Å². The molecule has 0 bridgehead atoms. The lowest BCUT2D eigenvalue weighted by atomic mass is 9.79. The monoisotopic (exact) mass is 325 g/mol. The maximum absolute atomic E-state index is 12.1. The lowest BCUT2D eigenvalue weighted by molar-refractivity contribution is -0.00841. The third-order valence-electron chi connectivity index (χ3n) is 4.35. The van der Waals surface area contributed by atoms with Gasteiger partial charge in [0.2, 0.25) is 0 Å². The Balaban J connectivity index is 1.84. The summed E-state index contributed by atoms with van der Waals surface area (Å²) in [5, 5.41) is 13.9. The highest BCUT2D eigenvalue weighted by Crippen LogP contribution is 2.31. The van der Waals surface area contributed by atoms with Crippen LogP contribution in [0.15, 0.2) is 4.99 Å². The highest BCUT2D eigenvalue weighted by Gasteiger charge is 2.33. The van der Waals surface area contributed by atoms with Crippen molar-refractivity contribution in [1.82, 2.24) is 10.2 Å². The molecule has 23 heavy (non-hydrogen) atoms. The van der Waals surface area contributed by atoms with Crippen molar-refractivity contribution in [3.63, 3.8) is 0 Å². The highest BCUT2D eigenvalue weighted by molar-refractivity contribution is 5.87. The Bertz CT molecular complexity index is 458. The molecule has 2 aliphatic rings. The molecule has 132 valence electrons. The number of rotatable bonds is 2. The summed E-state index contributed by atoms with van der Waals surface area (Å²) < 4.78 is 5.41. The van der Waals surface area contributed by atoms with E-state index in [1.54, 1.807) is 4.90 Å². The van der Waals surface area contributed by atoms with Gasteiger partial charge in [0.25, 0.3) is 0 Å². The minimum absolute atomic E-state index is 0.309. The fourth-order valence-electron chi connectivity index (χ4n) is 3.27. The molecule has 6 heteroatoms. The normalized spacial score (nSPS) is 29.0. The third-order valence-corrected chi connectivity index (χ3v) is 4.35. The molecule has 0 aromatic carbocycles. The summed E-state index contributed by atoms with van der Waals surface area (Å²) in [5.74, 6) is 1.32. The Labute approximate surface area is 139 Å². The first-order valence-electron chi connectivity index (χ1n) is 8.64. The first kappa shape index (κ1) is 18.0. The number of amides is 1. The van der Waals surface area contributed by atoms with Crippen LogP contribution in [0.3, 0.4) is 0 Å². The molecule has 1 aliphatic heterocycles. The average Bonchev–Trinajstić information content (AvgIpc) is 2.44. The fourth-order valence-corrected chi connectivity index (χ4v) is 3.27. The molecule has 0 spiro atoms. The van der Waals surface area contributed by atoms with Crippen molar-refractivity contribution in [3.8, 4) is 0 Å². The van der Waals surface area contributed by atoms with E-state index in [0.29, 0.717) is 32.1 Å². The van der Waals surface area contributed by atoms with Crippen LogP contribution in [0.4, 0.5) is 4.79 Å². The first-order chi connectivity index (χ1) is 10.7. The van der Waals surface area contributed by atoms with Gasteiger partial charge >= 0.3 is 6.09 Å². The third kappa shape index (κ3) is 5.68. The van der Waals surface area contributed by atoms with Crippen LogP contribution >= 0.6 is 0 Å². The zero-order valence-corrected chi connectivity index (χ0v) is 14.9. The molecule has 0 aromatic rings. The lowest BCUT2D eigenvalue weighted by Crippen LogP contribution is -2.51. The van der Waals surface area contributed by atoms with Gasteiger partial charge in [-0.25, -0.2) is 4.79 Å². The maximum atomic E-state index is 12.1. The number of nitrogens with zero attached hydrogens (tertiary/aromatic N) is 2. The van der Waals surface area contributed by atoms with Crippen molar-refractivity contribution >= 4 is 11.9 Å². The zero-order valence-electron chi connectivity index (χ0n) is 14.9. The smallest absolute Gasteiger partial charge is 0.410 e. The number of hydrogen-bond donors (Lipinski definition) is 2. The largest absolute Gasteiger partial charge is 0.444 e. The number of carbonyl (C=O) groups is 1. The predicted molar refractivity (Wildman–Crippen MR) is 90.7 cm³/mol. The fraction of sp³-hybridized carbons (Fsp3) is 0.882. The summed E-state index contributed by atoms with van der Waals surface area (Å²) >= 11 is 0. The number of amidine groups is 1. The average molecular weight is 325 g/mol. The molecule has 0 aromatic heterocycles. The van der Waals surface area contributed by atoms with Gasteiger partial charge in [-0.2, -0.15) is 0 Å². The minimum Gasteiger partial charge on any atom is -0.444 e. The summed E-state index contributed by atoms with van der Waals surface area (Å²) in [6, 6.07) is 0. The molecule has 1 fully saturated rings. The van der Waals surface area contributed by atoms with Gasteiger partial charge in [-0.3, -0.25) is 9.89 Å². The highest BCUT2D eigenvalue weighted by atomic mass is 16.6. The number of carbonyl (C=O) groups excluding carboxylic acids is 1. The molecular formula is C17H31N3O3. The topological polar surface area (TPSA) is 74.2 Å². The summed E-state index contributed by atoms with van der Waals surface area (Å²) in [6.45, 7) is 9.83. The quantitative estimate of drug-likeness (QED) is 0.816. The van der Waals surface area contributed by atoms with Crippen LogP contribution < -0.4 is 5.32 Å². The lowest BCUT2D eigenvalue weighted by Gasteiger charge is -2.37. The molecule has 2 unspecified atom stereocenters. The van der Waals surface area contributed by atoms with Gasteiger partial charge in [-0.05, 0) is 39.5 Å². The van der Waals surface area contributed by atoms with Gasteiger partial charge in [0.1, 0.15) is 11.4 Å². The molecular weight excluding hydrogens is 294 g/mol. The van der Waals surface area contributed by atoms with Gasteiger partial charge in [0.05, 0.1) is 18.7 Å². The summed E-state index contributed by atoms with van der Waals surface area (Å²) in [4.78, 5) is 18.2. The summed E-state index contributed by atoms with van der Waals surface area (Å²) in [7, 11) is 0. The van der Waals surface area contributed by atoms with E-state index in [1.165, 1.54) is 6.42 Å². The molecule has 1 aliphatic carbocycles. The van der Waals surface area contributed by atoms with Crippen LogP contribution in [-0.4, -0.2) is 59.3 Å². The van der Waals surface area contributed by atoms with E-state index < -0.39 is 11.2 Å². The van der Waals surface area contributed by atoms with E-state index in [9.17, 15) is 9.90 Å². The zero-order chi connectivity index (χ0) is 17.1. The number of ether oxygens (including phenoxy) is 1. The summed E-state index contributed by atoms with van der Waals surface area (Å²) in [6.07, 6.45) is 3.60. The molecule has 0 saturated heterocycles. The Morgan fingerprint density at radius 2 is 2.26 bits per heavy atom. The Morgan fingerprint density at radius 1 is 1.52 bits per heavy atom. The molecule has 6 nitrogen and oxygen atoms in total. The Hall–Kier alpha value is -1.30. The van der Waals surface area contributed by atoms with Gasteiger partial charge in [0.15, 0.2) is 0 Å². The second-order valence-corrected chi connectivity index (χ2v) is 8.01. The van der Waals surface area contributed by atoms with Crippen LogP contribution in [0.2, 0.25) is 0 Å². The Kier molecular flexibility index (Phi) is 5.55. The van der Waals surface area contributed by atoms with Crippen molar-refractivity contribution in [2.75, 3.05) is 26.2 Å². The van der Waals surface area contributed by atoms with E-state index in [1.807, 2.05) is 20.8 Å². The molecule has 1 saturated carbocycles. The van der Waals surface area contributed by atoms with E-state index in [0.717, 1.165) is 25.1 Å². The van der Waals surface area contributed by atoms with Gasteiger partial charge in [-0.1, -0.05) is 19.8 Å². The molecule has 2 atom stereocenters. The van der Waals surface area contributed by atoms with Crippen molar-refractivity contribution in [2.45, 2.75) is 64.6 Å². The van der Waals surface area contributed by atoms with E-state index in [2.05, 4.69) is 17.2 Å². The Morgan fingerprint density at radius 3 is 2.91 bits per heavy atom. The molecule has 2 N–H and O–H groups in total. The minimum atomic E-state index is -0.658. The van der Waals surface area contributed by atoms with E-state index in [4.69, 9.17) is 4.74 Å². The number of aliphatic imine (C=N–C) groups is 1. The second-order valence-electron chi connectivity index (χ2n) is 8.01. The number of hydrogen-bond acceptors (Lipinski definition) is 5. The van der Waals surface area contributed by atoms with Crippen LogP contribution in [-0.2, 0) is 4.74 Å². The molecule has 1 amide bonds.